The van der Waals surface area contributed by atoms with Gasteiger partial charge in [-0.2, -0.15) is 0 Å². The Kier molecular flexibility index (Phi) is 7.12. The van der Waals surface area contributed by atoms with Crippen molar-refractivity contribution < 1.29 is 9.84 Å². The highest BCUT2D eigenvalue weighted by Gasteiger charge is 2.09. The van der Waals surface area contributed by atoms with Crippen LogP contribution in [-0.4, -0.2) is 25.4 Å². The second kappa shape index (κ2) is 8.71. The van der Waals surface area contributed by atoms with Crippen molar-refractivity contribution in [2.45, 2.75) is 25.4 Å². The lowest BCUT2D eigenvalue weighted by atomic mass is 10.0. The summed E-state index contributed by atoms with van der Waals surface area (Å²) in [5.74, 6) is 6.21. The zero-order valence-electron chi connectivity index (χ0n) is 10.9. The van der Waals surface area contributed by atoms with E-state index in [0.717, 1.165) is 30.6 Å². The van der Waals surface area contributed by atoms with Gasteiger partial charge in [-0.05, 0) is 31.0 Å². The topological polar surface area (TPSA) is 55.5 Å². The number of aliphatic hydroxyl groups excluding tert-OH is 1. The van der Waals surface area contributed by atoms with Crippen LogP contribution in [0.2, 0.25) is 0 Å². The van der Waals surface area contributed by atoms with Crippen molar-refractivity contribution in [1.29, 1.82) is 0 Å². The number of hydrogen-bond donors (Lipinski definition) is 2. The molecule has 0 aliphatic rings. The van der Waals surface area contributed by atoms with Crippen molar-refractivity contribution in [2.75, 3.05) is 20.3 Å². The monoisotopic (exact) mass is 247 g/mol. The Morgan fingerprint density at radius 3 is 2.89 bits per heavy atom. The zero-order chi connectivity index (χ0) is 13.2. The highest BCUT2D eigenvalue weighted by molar-refractivity contribution is 5.42. The molecule has 1 aromatic carbocycles. The van der Waals surface area contributed by atoms with E-state index in [0.29, 0.717) is 13.0 Å². The van der Waals surface area contributed by atoms with Gasteiger partial charge in [0.1, 0.15) is 0 Å². The first kappa shape index (κ1) is 14.7. The van der Waals surface area contributed by atoms with Crippen molar-refractivity contribution in [3.05, 3.63) is 35.4 Å². The van der Waals surface area contributed by atoms with E-state index in [1.165, 1.54) is 0 Å². The number of ether oxygens (including phenoxy) is 1. The predicted molar refractivity (Wildman–Crippen MR) is 73.1 cm³/mol. The van der Waals surface area contributed by atoms with Crippen LogP contribution < -0.4 is 5.73 Å². The minimum atomic E-state index is -0.528. The Balaban J connectivity index is 2.69. The summed E-state index contributed by atoms with van der Waals surface area (Å²) in [4.78, 5) is 0. The maximum Gasteiger partial charge on any atom is 0.0814 e. The average molecular weight is 247 g/mol. The first-order valence-electron chi connectivity index (χ1n) is 6.24. The summed E-state index contributed by atoms with van der Waals surface area (Å²) in [6.45, 7) is 1.20. The van der Waals surface area contributed by atoms with Gasteiger partial charge < -0.3 is 15.6 Å². The second-order valence-corrected chi connectivity index (χ2v) is 4.08. The number of hydrogen-bond acceptors (Lipinski definition) is 3. The lowest BCUT2D eigenvalue weighted by Gasteiger charge is -2.11. The number of methoxy groups -OCH3 is 1. The van der Waals surface area contributed by atoms with Gasteiger partial charge in [-0.1, -0.05) is 30.0 Å². The van der Waals surface area contributed by atoms with Crippen LogP contribution in [-0.2, 0) is 4.74 Å². The molecule has 1 rings (SSSR count). The molecule has 0 bridgehead atoms. The summed E-state index contributed by atoms with van der Waals surface area (Å²) in [5, 5.41) is 9.97. The second-order valence-electron chi connectivity index (χ2n) is 4.08. The maximum atomic E-state index is 9.97. The number of unbranched alkanes of at least 4 members (excludes halogenated alkanes) is 1. The summed E-state index contributed by atoms with van der Waals surface area (Å²) in [6, 6.07) is 7.67. The van der Waals surface area contributed by atoms with Crippen LogP contribution in [0.3, 0.4) is 0 Å². The largest absolute Gasteiger partial charge is 0.388 e. The fraction of sp³-hybridized carbons (Fsp3) is 0.467. The Bertz CT molecular complexity index is 406. The Hall–Kier alpha value is -1.34. The normalized spacial score (nSPS) is 11.7. The van der Waals surface area contributed by atoms with Crippen molar-refractivity contribution in [1.82, 2.24) is 0 Å². The van der Waals surface area contributed by atoms with Crippen LogP contribution in [0, 0.1) is 11.8 Å². The van der Waals surface area contributed by atoms with E-state index >= 15 is 0 Å². The van der Waals surface area contributed by atoms with Crippen LogP contribution in [0.4, 0.5) is 0 Å². The van der Waals surface area contributed by atoms with Gasteiger partial charge in [-0.15, -0.1) is 0 Å². The van der Waals surface area contributed by atoms with Crippen LogP contribution in [0.15, 0.2) is 24.3 Å². The zero-order valence-corrected chi connectivity index (χ0v) is 10.9. The standard InChI is InChI=1S/C15H21NO2/c1-18-12-6-2-3-7-13-8-4-5-9-14(13)15(17)10-11-16/h4-5,8-9,15,17H,2,6,10-12,16H2,1H3/t15-/m0/s1. The number of rotatable bonds is 6. The molecule has 98 valence electrons. The molecule has 0 spiro atoms. The molecule has 0 radical (unpaired) electrons. The summed E-state index contributed by atoms with van der Waals surface area (Å²) in [6.07, 6.45) is 1.76. The molecule has 0 aliphatic carbocycles. The van der Waals surface area contributed by atoms with Crippen molar-refractivity contribution in [3.8, 4) is 11.8 Å². The minimum absolute atomic E-state index is 0.469. The van der Waals surface area contributed by atoms with E-state index in [9.17, 15) is 5.11 Å². The van der Waals surface area contributed by atoms with Gasteiger partial charge in [0.05, 0.1) is 6.10 Å². The minimum Gasteiger partial charge on any atom is -0.388 e. The maximum absolute atomic E-state index is 9.97. The fourth-order valence-electron chi connectivity index (χ4n) is 1.68. The fourth-order valence-corrected chi connectivity index (χ4v) is 1.68. The van der Waals surface area contributed by atoms with Gasteiger partial charge in [-0.25, -0.2) is 0 Å². The summed E-state index contributed by atoms with van der Waals surface area (Å²) < 4.78 is 4.97. The molecule has 0 amide bonds. The van der Waals surface area contributed by atoms with Gasteiger partial charge in [0, 0.05) is 25.7 Å². The molecule has 1 atom stereocenters. The number of nitrogens with two attached hydrogens (primary N) is 1. The third-order valence-electron chi connectivity index (χ3n) is 2.63. The Labute approximate surface area is 109 Å². The molecule has 0 aliphatic heterocycles. The molecule has 0 saturated carbocycles. The predicted octanol–water partition coefficient (Wildman–Crippen LogP) is 1.85. The SMILES string of the molecule is COCCCC#Cc1ccccc1[C@@H](O)CCN. The summed E-state index contributed by atoms with van der Waals surface area (Å²) in [7, 11) is 1.69. The molecule has 0 unspecified atom stereocenters. The highest BCUT2D eigenvalue weighted by atomic mass is 16.5. The van der Waals surface area contributed by atoms with Crippen molar-refractivity contribution >= 4 is 0 Å². The number of aliphatic hydroxyl groups is 1. The smallest absolute Gasteiger partial charge is 0.0814 e. The van der Waals surface area contributed by atoms with E-state index in [1.54, 1.807) is 7.11 Å². The van der Waals surface area contributed by atoms with Gasteiger partial charge in [-0.3, -0.25) is 0 Å². The highest BCUT2D eigenvalue weighted by Crippen LogP contribution is 2.19. The molecular weight excluding hydrogens is 226 g/mol. The van der Waals surface area contributed by atoms with E-state index in [4.69, 9.17) is 10.5 Å². The molecule has 3 heteroatoms. The third-order valence-corrected chi connectivity index (χ3v) is 2.63. The van der Waals surface area contributed by atoms with Crippen LogP contribution in [0.5, 0.6) is 0 Å². The molecule has 0 saturated heterocycles. The van der Waals surface area contributed by atoms with Crippen molar-refractivity contribution in [3.63, 3.8) is 0 Å². The van der Waals surface area contributed by atoms with E-state index < -0.39 is 6.10 Å². The summed E-state index contributed by atoms with van der Waals surface area (Å²) >= 11 is 0. The quantitative estimate of drug-likeness (QED) is 0.596. The lowest BCUT2D eigenvalue weighted by Crippen LogP contribution is -2.07. The molecule has 0 heterocycles. The van der Waals surface area contributed by atoms with Gasteiger partial charge in [0.2, 0.25) is 0 Å². The molecule has 1 aromatic rings. The molecule has 3 nitrogen and oxygen atoms in total. The Morgan fingerprint density at radius 2 is 2.17 bits per heavy atom. The molecule has 0 fully saturated rings. The first-order valence-corrected chi connectivity index (χ1v) is 6.24. The van der Waals surface area contributed by atoms with Gasteiger partial charge in [0.25, 0.3) is 0 Å². The van der Waals surface area contributed by atoms with Crippen LogP contribution >= 0.6 is 0 Å². The molecular formula is C15H21NO2. The van der Waals surface area contributed by atoms with E-state index in [-0.39, 0.29) is 0 Å². The van der Waals surface area contributed by atoms with Crippen molar-refractivity contribution in [2.24, 2.45) is 5.73 Å². The van der Waals surface area contributed by atoms with E-state index in [2.05, 4.69) is 11.8 Å². The summed E-state index contributed by atoms with van der Waals surface area (Å²) in [5.41, 5.74) is 7.21. The molecule has 18 heavy (non-hydrogen) atoms. The van der Waals surface area contributed by atoms with Crippen LogP contribution in [0.25, 0.3) is 0 Å². The first-order chi connectivity index (χ1) is 8.79. The molecule has 3 N–H and O–H groups in total. The van der Waals surface area contributed by atoms with Gasteiger partial charge >= 0.3 is 0 Å². The van der Waals surface area contributed by atoms with E-state index in [1.807, 2.05) is 24.3 Å². The average Bonchev–Trinajstić information content (AvgIpc) is 2.39. The van der Waals surface area contributed by atoms with Gasteiger partial charge in [0.15, 0.2) is 0 Å². The molecule has 0 aromatic heterocycles. The third kappa shape index (κ3) is 4.89. The Morgan fingerprint density at radius 1 is 1.39 bits per heavy atom. The lowest BCUT2D eigenvalue weighted by molar-refractivity contribution is 0.170. The van der Waals surface area contributed by atoms with Crippen LogP contribution in [0.1, 0.15) is 36.5 Å². The number of benzene rings is 1.